The third kappa shape index (κ3) is 0.555. The first-order valence-electron chi connectivity index (χ1n) is 1.58. The second-order valence-corrected chi connectivity index (χ2v) is 3.26. The summed E-state index contributed by atoms with van der Waals surface area (Å²) in [6.07, 6.45) is 0. The second kappa shape index (κ2) is 0.908. The van der Waals surface area contributed by atoms with Crippen molar-refractivity contribution in [3.63, 3.8) is 0 Å². The Morgan fingerprint density at radius 2 is 2.20 bits per heavy atom. The SMILES string of the molecule is N#C[SH]1CC1. The number of hydrogen-bond acceptors (Lipinski definition) is 1. The normalized spacial score (nSPS) is 25.0. The number of nitrogens with zero attached hydrogens (tertiary/aromatic N) is 1. The number of thiocyanates is 1. The third-order valence-electron chi connectivity index (χ3n) is 0.589. The lowest BCUT2D eigenvalue weighted by atomic mass is 11.0. The molecule has 0 aromatic heterocycles. The molecule has 0 atom stereocenters. The quantitative estimate of drug-likeness (QED) is 0.259. The Bertz CT molecular complexity index is 69.5. The molecule has 0 unspecified atom stereocenters. The standard InChI is InChI=1S/C3H5NS/c4-3-5-1-2-5/h5H,1-2H2. The first-order chi connectivity index (χ1) is 2.43. The molecule has 0 saturated carbocycles. The van der Waals surface area contributed by atoms with Crippen molar-refractivity contribution in [1.82, 2.24) is 0 Å². The molecule has 1 nitrogen and oxygen atoms in total. The Morgan fingerprint density at radius 1 is 1.60 bits per heavy atom. The average Bonchev–Trinajstić information content (AvgIpc) is 2.12. The lowest BCUT2D eigenvalue weighted by Crippen LogP contribution is -1.28. The molecule has 5 heavy (non-hydrogen) atoms. The highest BCUT2D eigenvalue weighted by Gasteiger charge is 2.13. The average molecular weight is 87.1 g/mol. The van der Waals surface area contributed by atoms with Crippen molar-refractivity contribution in [2.24, 2.45) is 0 Å². The van der Waals surface area contributed by atoms with E-state index < -0.39 is 0 Å². The van der Waals surface area contributed by atoms with Gasteiger partial charge in [0.1, 0.15) is 5.40 Å². The van der Waals surface area contributed by atoms with Crippen LogP contribution in [0.25, 0.3) is 0 Å². The molecule has 0 aliphatic carbocycles. The smallest absolute Gasteiger partial charge is 0.110 e. The minimum absolute atomic E-state index is 0.0427. The van der Waals surface area contributed by atoms with E-state index in [1.807, 2.05) is 0 Å². The first-order valence-corrected chi connectivity index (χ1v) is 3.29. The number of nitriles is 1. The summed E-state index contributed by atoms with van der Waals surface area (Å²) >= 11 is 0. The van der Waals surface area contributed by atoms with Crippen LogP contribution in [0.4, 0.5) is 0 Å². The maximum atomic E-state index is 7.98. The van der Waals surface area contributed by atoms with Crippen LogP contribution in [0.3, 0.4) is 0 Å². The van der Waals surface area contributed by atoms with Gasteiger partial charge in [0.2, 0.25) is 0 Å². The third-order valence-corrected chi connectivity index (χ3v) is 1.77. The molecule has 1 rings (SSSR count). The van der Waals surface area contributed by atoms with E-state index in [9.17, 15) is 0 Å². The van der Waals surface area contributed by atoms with Crippen LogP contribution in [0, 0.1) is 10.7 Å². The van der Waals surface area contributed by atoms with Gasteiger partial charge >= 0.3 is 0 Å². The molecular formula is C3H5NS. The van der Waals surface area contributed by atoms with Gasteiger partial charge in [-0.15, -0.1) is 0 Å². The van der Waals surface area contributed by atoms with E-state index >= 15 is 0 Å². The second-order valence-electron chi connectivity index (χ2n) is 1.09. The van der Waals surface area contributed by atoms with E-state index in [0.29, 0.717) is 0 Å². The van der Waals surface area contributed by atoms with Crippen molar-refractivity contribution in [2.45, 2.75) is 0 Å². The minimum Gasteiger partial charge on any atom is -0.187 e. The fourth-order valence-corrected chi connectivity index (χ4v) is 0.750. The van der Waals surface area contributed by atoms with Crippen LogP contribution >= 0.6 is 10.9 Å². The maximum Gasteiger partial charge on any atom is 0.110 e. The minimum atomic E-state index is -0.0427. The summed E-state index contributed by atoms with van der Waals surface area (Å²) in [7, 11) is -0.0427. The van der Waals surface area contributed by atoms with Crippen molar-refractivity contribution in [1.29, 1.82) is 5.26 Å². The molecule has 1 aliphatic heterocycles. The zero-order valence-corrected chi connectivity index (χ0v) is 3.70. The Labute approximate surface area is 33.9 Å². The van der Waals surface area contributed by atoms with Gasteiger partial charge in [0, 0.05) is 0 Å². The zero-order chi connectivity index (χ0) is 3.70. The highest BCUT2D eigenvalue weighted by Crippen LogP contribution is 2.37. The summed E-state index contributed by atoms with van der Waals surface area (Å²) in [4.78, 5) is 0. The van der Waals surface area contributed by atoms with Crippen molar-refractivity contribution in [3.8, 4) is 5.40 Å². The predicted octanol–water partition coefficient (Wildman–Crippen LogP) is 0.482. The van der Waals surface area contributed by atoms with Gasteiger partial charge in [-0.3, -0.25) is 0 Å². The van der Waals surface area contributed by atoms with Gasteiger partial charge in [-0.1, -0.05) is 0 Å². The lowest BCUT2D eigenvalue weighted by Gasteiger charge is -1.61. The summed E-state index contributed by atoms with van der Waals surface area (Å²) in [5.74, 6) is 2.43. The van der Waals surface area contributed by atoms with Crippen LogP contribution in [-0.4, -0.2) is 11.5 Å². The van der Waals surface area contributed by atoms with Gasteiger partial charge in [0.05, 0.1) is 0 Å². The Hall–Kier alpha value is -0.160. The van der Waals surface area contributed by atoms with Gasteiger partial charge in [-0.25, -0.2) is 0 Å². The molecule has 28 valence electrons. The number of hydrogen-bond donors (Lipinski definition) is 1. The lowest BCUT2D eigenvalue weighted by molar-refractivity contribution is 1.57. The molecule has 0 aromatic rings. The molecule has 2 heteroatoms. The van der Waals surface area contributed by atoms with Crippen molar-refractivity contribution < 1.29 is 0 Å². The highest BCUT2D eigenvalue weighted by atomic mass is 32.2. The van der Waals surface area contributed by atoms with E-state index in [1.165, 1.54) is 11.5 Å². The zero-order valence-electron chi connectivity index (χ0n) is 2.81. The Morgan fingerprint density at radius 3 is 2.20 bits per heavy atom. The van der Waals surface area contributed by atoms with Crippen molar-refractivity contribution >= 4 is 10.9 Å². The Kier molecular flexibility index (Phi) is 0.553. The fourth-order valence-electron chi connectivity index (χ4n) is 0.150. The van der Waals surface area contributed by atoms with E-state index in [1.54, 1.807) is 0 Å². The summed E-state index contributed by atoms with van der Waals surface area (Å²) in [5, 5.41) is 10.2. The predicted molar refractivity (Wildman–Crippen MR) is 24.3 cm³/mol. The largest absolute Gasteiger partial charge is 0.187 e. The molecule has 1 aliphatic rings. The van der Waals surface area contributed by atoms with Gasteiger partial charge in [0.25, 0.3) is 0 Å². The molecule has 0 radical (unpaired) electrons. The monoisotopic (exact) mass is 87.0 g/mol. The maximum absolute atomic E-state index is 7.98. The summed E-state index contributed by atoms with van der Waals surface area (Å²) in [6.45, 7) is 0. The molecule has 0 amide bonds. The number of thiol groups is 1. The molecule has 1 saturated heterocycles. The molecular weight excluding hydrogens is 82.1 g/mol. The van der Waals surface area contributed by atoms with E-state index in [2.05, 4.69) is 5.40 Å². The topological polar surface area (TPSA) is 23.8 Å². The summed E-state index contributed by atoms with van der Waals surface area (Å²) in [6, 6.07) is 0. The highest BCUT2D eigenvalue weighted by molar-refractivity contribution is 8.27. The van der Waals surface area contributed by atoms with E-state index in [0.717, 1.165) is 0 Å². The van der Waals surface area contributed by atoms with Crippen LogP contribution in [0.2, 0.25) is 0 Å². The van der Waals surface area contributed by atoms with E-state index in [-0.39, 0.29) is 10.9 Å². The molecule has 0 aromatic carbocycles. The summed E-state index contributed by atoms with van der Waals surface area (Å²) in [5.41, 5.74) is 0. The number of rotatable bonds is 0. The first kappa shape index (κ1) is 3.05. The van der Waals surface area contributed by atoms with Gasteiger partial charge in [-0.05, 0) is 11.5 Å². The molecule has 0 spiro atoms. The molecule has 0 bridgehead atoms. The molecule has 1 heterocycles. The van der Waals surface area contributed by atoms with Crippen LogP contribution in [0.15, 0.2) is 0 Å². The van der Waals surface area contributed by atoms with Crippen LogP contribution in [-0.2, 0) is 0 Å². The van der Waals surface area contributed by atoms with Crippen LogP contribution < -0.4 is 0 Å². The molecule has 1 fully saturated rings. The van der Waals surface area contributed by atoms with E-state index in [4.69, 9.17) is 5.26 Å². The van der Waals surface area contributed by atoms with Gasteiger partial charge in [-0.2, -0.15) is 16.2 Å². The fraction of sp³-hybridized carbons (Fsp3) is 0.667. The Balaban J connectivity index is 2.30. The summed E-state index contributed by atoms with van der Waals surface area (Å²) < 4.78 is 0. The van der Waals surface area contributed by atoms with Gasteiger partial charge < -0.3 is 0 Å². The van der Waals surface area contributed by atoms with Crippen molar-refractivity contribution in [2.75, 3.05) is 11.5 Å². The van der Waals surface area contributed by atoms with Crippen LogP contribution in [0.1, 0.15) is 0 Å². The molecule has 0 N–H and O–H groups in total. The van der Waals surface area contributed by atoms with Gasteiger partial charge in [0.15, 0.2) is 0 Å². The van der Waals surface area contributed by atoms with Crippen molar-refractivity contribution in [3.05, 3.63) is 0 Å². The van der Waals surface area contributed by atoms with Crippen LogP contribution in [0.5, 0.6) is 0 Å².